The highest BCUT2D eigenvalue weighted by atomic mass is 16.5. The number of pyridine rings is 1. The van der Waals surface area contributed by atoms with Crippen LogP contribution in [0.15, 0.2) is 48.9 Å². The lowest BCUT2D eigenvalue weighted by atomic mass is 10.1. The third-order valence-corrected chi connectivity index (χ3v) is 5.00. The number of rotatable bonds is 6. The molecule has 4 rings (SSSR count). The number of carbonyl (C=O) groups excluding carboxylic acids is 1. The molecule has 9 nitrogen and oxygen atoms in total. The Morgan fingerprint density at radius 1 is 1.22 bits per heavy atom. The fourth-order valence-electron chi connectivity index (χ4n) is 3.34. The van der Waals surface area contributed by atoms with E-state index in [0.29, 0.717) is 47.4 Å². The van der Waals surface area contributed by atoms with Crippen molar-refractivity contribution in [2.75, 3.05) is 25.6 Å². The van der Waals surface area contributed by atoms with Gasteiger partial charge in [-0.1, -0.05) is 0 Å². The zero-order valence-electron chi connectivity index (χ0n) is 17.5. The van der Waals surface area contributed by atoms with Gasteiger partial charge in [-0.05, 0) is 30.3 Å². The van der Waals surface area contributed by atoms with Gasteiger partial charge in [0, 0.05) is 37.8 Å². The number of aromatic nitrogens is 3. The molecular weight excluding hydrogens is 408 g/mol. The van der Waals surface area contributed by atoms with E-state index in [2.05, 4.69) is 31.7 Å². The maximum atomic E-state index is 11.8. The lowest BCUT2D eigenvalue weighted by Gasteiger charge is -2.23. The Bertz CT molecular complexity index is 1150. The van der Waals surface area contributed by atoms with E-state index < -0.39 is 0 Å². The van der Waals surface area contributed by atoms with Gasteiger partial charge in [0.2, 0.25) is 5.95 Å². The van der Waals surface area contributed by atoms with Crippen molar-refractivity contribution < 1.29 is 14.3 Å². The fourth-order valence-corrected chi connectivity index (χ4v) is 3.34. The van der Waals surface area contributed by atoms with Gasteiger partial charge in [-0.3, -0.25) is 9.78 Å². The summed E-state index contributed by atoms with van der Waals surface area (Å²) in [5.41, 5.74) is 2.87. The van der Waals surface area contributed by atoms with Gasteiger partial charge in [-0.25, -0.2) is 9.97 Å². The van der Waals surface area contributed by atoms with Crippen molar-refractivity contribution in [2.45, 2.75) is 18.9 Å². The molecule has 162 valence electrons. The highest BCUT2D eigenvalue weighted by Crippen LogP contribution is 2.28. The molecule has 3 aromatic rings. The molecule has 0 spiro atoms. The van der Waals surface area contributed by atoms with Crippen LogP contribution in [0, 0.1) is 11.3 Å². The van der Waals surface area contributed by atoms with E-state index in [1.807, 2.05) is 6.07 Å². The number of nitrogens with zero attached hydrogens (tertiary/aromatic N) is 4. The maximum Gasteiger partial charge on any atom is 0.252 e. The van der Waals surface area contributed by atoms with Gasteiger partial charge >= 0.3 is 0 Å². The van der Waals surface area contributed by atoms with Crippen LogP contribution in [0.5, 0.6) is 5.75 Å². The molecule has 2 N–H and O–H groups in total. The summed E-state index contributed by atoms with van der Waals surface area (Å²) in [4.78, 5) is 24.7. The molecule has 3 heterocycles. The van der Waals surface area contributed by atoms with Crippen LogP contribution >= 0.6 is 0 Å². The number of carbonyl (C=O) groups is 1. The molecule has 9 heteroatoms. The second kappa shape index (κ2) is 9.85. The highest BCUT2D eigenvalue weighted by molar-refractivity contribution is 5.94. The first-order valence-electron chi connectivity index (χ1n) is 10.2. The van der Waals surface area contributed by atoms with Crippen molar-refractivity contribution in [1.82, 2.24) is 20.3 Å². The van der Waals surface area contributed by atoms with E-state index in [4.69, 9.17) is 9.47 Å². The standard InChI is InChI=1S/C23H22N6O3/c1-25-22(30)17-11-18(14-26-13-17)28-23-27-7-4-20(29-23)15-2-3-21(16(10-15)12-24)32-19-5-8-31-9-6-19/h2-4,7,10-11,13-14,19H,5-6,8-9H2,1H3,(H,25,30)(H,27,28,29). The Morgan fingerprint density at radius 3 is 2.84 bits per heavy atom. The second-order valence-corrected chi connectivity index (χ2v) is 7.18. The second-order valence-electron chi connectivity index (χ2n) is 7.18. The van der Waals surface area contributed by atoms with Crippen LogP contribution in [0.25, 0.3) is 11.3 Å². The molecule has 0 unspecified atom stereocenters. The summed E-state index contributed by atoms with van der Waals surface area (Å²) in [6.45, 7) is 1.34. The van der Waals surface area contributed by atoms with Gasteiger partial charge in [0.15, 0.2) is 0 Å². The van der Waals surface area contributed by atoms with Crippen molar-refractivity contribution >= 4 is 17.5 Å². The Morgan fingerprint density at radius 2 is 2.06 bits per heavy atom. The molecule has 0 radical (unpaired) electrons. The van der Waals surface area contributed by atoms with Crippen LogP contribution in [0.2, 0.25) is 0 Å². The van der Waals surface area contributed by atoms with Crippen LogP contribution in [0.1, 0.15) is 28.8 Å². The molecule has 1 saturated heterocycles. The lowest BCUT2D eigenvalue weighted by Crippen LogP contribution is -2.26. The van der Waals surface area contributed by atoms with Gasteiger partial charge in [-0.15, -0.1) is 0 Å². The normalized spacial score (nSPS) is 13.8. The van der Waals surface area contributed by atoms with E-state index >= 15 is 0 Å². The first-order valence-corrected chi connectivity index (χ1v) is 10.2. The van der Waals surface area contributed by atoms with Crippen molar-refractivity contribution in [3.8, 4) is 23.1 Å². The summed E-state index contributed by atoms with van der Waals surface area (Å²) >= 11 is 0. The third kappa shape index (κ3) is 4.99. The van der Waals surface area contributed by atoms with E-state index in [1.54, 1.807) is 43.7 Å². The van der Waals surface area contributed by atoms with E-state index in [-0.39, 0.29) is 12.0 Å². The maximum absolute atomic E-state index is 11.8. The number of amides is 1. The lowest BCUT2D eigenvalue weighted by molar-refractivity contribution is 0.0254. The Hall–Kier alpha value is -4.03. The molecule has 1 aliphatic heterocycles. The molecule has 1 fully saturated rings. The van der Waals surface area contributed by atoms with Crippen LogP contribution < -0.4 is 15.4 Å². The average molecular weight is 430 g/mol. The molecule has 0 aliphatic carbocycles. The number of nitrogens with one attached hydrogen (secondary N) is 2. The molecule has 0 saturated carbocycles. The van der Waals surface area contributed by atoms with E-state index in [0.717, 1.165) is 18.4 Å². The third-order valence-electron chi connectivity index (χ3n) is 5.00. The topological polar surface area (TPSA) is 122 Å². The summed E-state index contributed by atoms with van der Waals surface area (Å²) in [5.74, 6) is 0.676. The Kier molecular flexibility index (Phi) is 6.53. The fraction of sp³-hybridized carbons (Fsp3) is 0.261. The largest absolute Gasteiger partial charge is 0.489 e. The SMILES string of the molecule is CNC(=O)c1cncc(Nc2nccc(-c3ccc(OC4CCOCC4)c(C#N)c3)n2)c1. The number of ether oxygens (including phenoxy) is 2. The molecular formula is C23H22N6O3. The van der Waals surface area contributed by atoms with E-state index in [9.17, 15) is 10.1 Å². The van der Waals surface area contributed by atoms with Gasteiger partial charge in [-0.2, -0.15) is 5.26 Å². The van der Waals surface area contributed by atoms with Crippen molar-refractivity contribution in [3.63, 3.8) is 0 Å². The predicted molar refractivity (Wildman–Crippen MR) is 118 cm³/mol. The quantitative estimate of drug-likeness (QED) is 0.612. The highest BCUT2D eigenvalue weighted by Gasteiger charge is 2.17. The molecule has 32 heavy (non-hydrogen) atoms. The molecule has 1 aliphatic rings. The minimum absolute atomic E-state index is 0.0516. The van der Waals surface area contributed by atoms with Crippen LogP contribution in [0.3, 0.4) is 0 Å². The first-order chi connectivity index (χ1) is 15.7. The molecule has 2 aromatic heterocycles. The van der Waals surface area contributed by atoms with Gasteiger partial charge in [0.05, 0.1) is 41.9 Å². The monoisotopic (exact) mass is 430 g/mol. The number of anilines is 2. The van der Waals surface area contributed by atoms with Crippen molar-refractivity contribution in [3.05, 3.63) is 60.0 Å². The Labute approximate surface area is 185 Å². The molecule has 0 atom stereocenters. The Balaban J connectivity index is 1.54. The zero-order chi connectivity index (χ0) is 22.3. The summed E-state index contributed by atoms with van der Waals surface area (Å²) in [5, 5.41) is 15.2. The predicted octanol–water partition coefficient (Wildman–Crippen LogP) is 3.07. The summed E-state index contributed by atoms with van der Waals surface area (Å²) in [6, 6.07) is 11.1. The number of hydrogen-bond donors (Lipinski definition) is 2. The van der Waals surface area contributed by atoms with E-state index in [1.165, 1.54) is 6.20 Å². The van der Waals surface area contributed by atoms with Gasteiger partial charge in [0.1, 0.15) is 17.9 Å². The number of benzene rings is 1. The minimum Gasteiger partial charge on any atom is -0.489 e. The smallest absolute Gasteiger partial charge is 0.252 e. The van der Waals surface area contributed by atoms with Gasteiger partial charge < -0.3 is 20.1 Å². The zero-order valence-corrected chi connectivity index (χ0v) is 17.5. The molecule has 1 amide bonds. The number of hydrogen-bond acceptors (Lipinski definition) is 8. The summed E-state index contributed by atoms with van der Waals surface area (Å²) in [7, 11) is 1.56. The van der Waals surface area contributed by atoms with Gasteiger partial charge in [0.25, 0.3) is 5.91 Å². The molecule has 1 aromatic carbocycles. The number of nitriles is 1. The summed E-state index contributed by atoms with van der Waals surface area (Å²) < 4.78 is 11.4. The molecule has 0 bridgehead atoms. The van der Waals surface area contributed by atoms with Crippen LogP contribution in [-0.2, 0) is 4.74 Å². The first kappa shape index (κ1) is 21.2. The van der Waals surface area contributed by atoms with Crippen molar-refractivity contribution in [2.24, 2.45) is 0 Å². The van der Waals surface area contributed by atoms with Crippen LogP contribution in [0.4, 0.5) is 11.6 Å². The van der Waals surface area contributed by atoms with Crippen molar-refractivity contribution in [1.29, 1.82) is 5.26 Å². The minimum atomic E-state index is -0.233. The summed E-state index contributed by atoms with van der Waals surface area (Å²) in [6.07, 6.45) is 6.36. The van der Waals surface area contributed by atoms with Crippen LogP contribution in [-0.4, -0.2) is 47.2 Å². The average Bonchev–Trinajstić information content (AvgIpc) is 2.84.